The van der Waals surface area contributed by atoms with Crippen LogP contribution in [0.15, 0.2) is 47.4 Å². The Morgan fingerprint density at radius 2 is 1.55 bits per heavy atom. The van der Waals surface area contributed by atoms with Gasteiger partial charge in [0.2, 0.25) is 10.0 Å². The molecule has 0 atom stereocenters. The molecule has 0 saturated carbocycles. The number of benzene rings is 2. The number of hydrazine groups is 1. The van der Waals surface area contributed by atoms with Crippen LogP contribution in [-0.4, -0.2) is 37.6 Å². The van der Waals surface area contributed by atoms with E-state index in [9.17, 15) is 22.4 Å². The lowest BCUT2D eigenvalue weighted by Crippen LogP contribution is -2.42. The molecule has 2 aromatic carbocycles. The summed E-state index contributed by atoms with van der Waals surface area (Å²) in [7, 11) is -3.74. The number of hydrogen-bond acceptors (Lipinski definition) is 4. The number of halogens is 2. The summed E-state index contributed by atoms with van der Waals surface area (Å²) in [6, 6.07) is 8.61. The molecule has 2 aromatic rings. The zero-order chi connectivity index (χ0) is 21.0. The molecular weight excluding hydrogens is 421 g/mol. The number of sulfonamides is 1. The van der Waals surface area contributed by atoms with Gasteiger partial charge in [-0.2, -0.15) is 4.31 Å². The van der Waals surface area contributed by atoms with Gasteiger partial charge in [0.25, 0.3) is 11.8 Å². The van der Waals surface area contributed by atoms with Crippen LogP contribution < -0.4 is 10.9 Å². The number of piperidine rings is 1. The standard InChI is InChI=1S/C19H19ClFN3O4S/c20-17-9-8-15(29(27,28)24-10-2-1-3-11-24)12-16(17)19(26)23-22-18(25)13-4-6-14(21)7-5-13/h4-9,12H,1-3,10-11H2,(H,22,25)(H,23,26). The van der Waals surface area contributed by atoms with Crippen LogP contribution in [0.25, 0.3) is 0 Å². The van der Waals surface area contributed by atoms with Crippen molar-refractivity contribution >= 4 is 33.4 Å². The molecule has 0 bridgehead atoms. The van der Waals surface area contributed by atoms with Gasteiger partial charge in [0.15, 0.2) is 0 Å². The summed E-state index contributed by atoms with van der Waals surface area (Å²) in [6.07, 6.45) is 2.55. The average molecular weight is 440 g/mol. The lowest BCUT2D eigenvalue weighted by Gasteiger charge is -2.26. The maximum absolute atomic E-state index is 12.9. The Labute approximate surface area is 172 Å². The summed E-state index contributed by atoms with van der Waals surface area (Å²) in [4.78, 5) is 24.4. The van der Waals surface area contributed by atoms with Crippen molar-refractivity contribution in [1.82, 2.24) is 15.2 Å². The first-order valence-corrected chi connectivity index (χ1v) is 10.8. The quantitative estimate of drug-likeness (QED) is 0.716. The van der Waals surface area contributed by atoms with E-state index in [1.54, 1.807) is 0 Å². The second-order valence-corrected chi connectivity index (χ2v) is 8.87. The molecule has 1 aliphatic rings. The van der Waals surface area contributed by atoms with Gasteiger partial charge in [0.1, 0.15) is 5.82 Å². The summed E-state index contributed by atoms with van der Waals surface area (Å²) >= 11 is 6.05. The lowest BCUT2D eigenvalue weighted by molar-refractivity contribution is 0.0846. The molecule has 0 aliphatic carbocycles. The van der Waals surface area contributed by atoms with Crippen LogP contribution in [0.5, 0.6) is 0 Å². The first kappa shape index (κ1) is 21.2. The molecule has 0 aromatic heterocycles. The molecule has 29 heavy (non-hydrogen) atoms. The molecular formula is C19H19ClFN3O4S. The number of nitrogens with one attached hydrogen (secondary N) is 2. The first-order valence-electron chi connectivity index (χ1n) is 8.95. The van der Waals surface area contributed by atoms with E-state index in [2.05, 4.69) is 10.9 Å². The van der Waals surface area contributed by atoms with E-state index >= 15 is 0 Å². The SMILES string of the molecule is O=C(NNC(=O)c1cc(S(=O)(=O)N2CCCCC2)ccc1Cl)c1ccc(F)cc1. The van der Waals surface area contributed by atoms with Gasteiger partial charge in [-0.25, -0.2) is 12.8 Å². The Morgan fingerprint density at radius 1 is 0.931 bits per heavy atom. The number of carbonyl (C=O) groups is 2. The molecule has 0 unspecified atom stereocenters. The molecule has 0 spiro atoms. The molecule has 1 aliphatic heterocycles. The highest BCUT2D eigenvalue weighted by Crippen LogP contribution is 2.25. The maximum Gasteiger partial charge on any atom is 0.271 e. The normalized spacial score (nSPS) is 15.0. The monoisotopic (exact) mass is 439 g/mol. The summed E-state index contributed by atoms with van der Waals surface area (Å²) in [5, 5.41) is 0.0381. The molecule has 154 valence electrons. The fraction of sp³-hybridized carbons (Fsp3) is 0.263. The summed E-state index contributed by atoms with van der Waals surface area (Å²) < 4.78 is 39.9. The minimum Gasteiger partial charge on any atom is -0.267 e. The summed E-state index contributed by atoms with van der Waals surface area (Å²) in [5.41, 5.74) is 4.42. The number of nitrogens with zero attached hydrogens (tertiary/aromatic N) is 1. The largest absolute Gasteiger partial charge is 0.271 e. The number of rotatable bonds is 4. The van der Waals surface area contributed by atoms with Gasteiger partial charge in [-0.3, -0.25) is 20.4 Å². The highest BCUT2D eigenvalue weighted by atomic mass is 35.5. The molecule has 2 N–H and O–H groups in total. The van der Waals surface area contributed by atoms with Crippen molar-refractivity contribution in [3.8, 4) is 0 Å². The molecule has 3 rings (SSSR count). The van der Waals surface area contributed by atoms with Crippen molar-refractivity contribution in [3.63, 3.8) is 0 Å². The van der Waals surface area contributed by atoms with E-state index in [1.807, 2.05) is 0 Å². The van der Waals surface area contributed by atoms with Crippen LogP contribution >= 0.6 is 11.6 Å². The van der Waals surface area contributed by atoms with Gasteiger partial charge in [0, 0.05) is 18.7 Å². The highest BCUT2D eigenvalue weighted by Gasteiger charge is 2.27. The third-order valence-corrected chi connectivity index (χ3v) is 6.76. The predicted octanol–water partition coefficient (Wildman–Crippen LogP) is 2.73. The number of carbonyl (C=O) groups excluding carboxylic acids is 2. The second-order valence-electron chi connectivity index (χ2n) is 6.52. The van der Waals surface area contributed by atoms with Gasteiger partial charge in [-0.15, -0.1) is 0 Å². The van der Waals surface area contributed by atoms with Crippen molar-refractivity contribution in [2.24, 2.45) is 0 Å². The smallest absolute Gasteiger partial charge is 0.267 e. The van der Waals surface area contributed by atoms with E-state index < -0.39 is 27.7 Å². The van der Waals surface area contributed by atoms with Crippen molar-refractivity contribution in [2.45, 2.75) is 24.2 Å². The Kier molecular flexibility index (Phi) is 6.51. The van der Waals surface area contributed by atoms with Crippen LogP contribution in [-0.2, 0) is 10.0 Å². The third kappa shape index (κ3) is 4.92. The zero-order valence-corrected chi connectivity index (χ0v) is 16.9. The Balaban J connectivity index is 1.74. The van der Waals surface area contributed by atoms with Gasteiger partial charge in [0.05, 0.1) is 15.5 Å². The Morgan fingerprint density at radius 3 is 2.21 bits per heavy atom. The van der Waals surface area contributed by atoms with Gasteiger partial charge >= 0.3 is 0 Å². The summed E-state index contributed by atoms with van der Waals surface area (Å²) in [5.74, 6) is -1.93. The van der Waals surface area contributed by atoms with Crippen LogP contribution in [0.4, 0.5) is 4.39 Å². The second kappa shape index (κ2) is 8.89. The number of amides is 2. The fourth-order valence-electron chi connectivity index (χ4n) is 2.95. The molecule has 1 heterocycles. The van der Waals surface area contributed by atoms with Crippen LogP contribution in [0.1, 0.15) is 40.0 Å². The van der Waals surface area contributed by atoms with Gasteiger partial charge in [-0.1, -0.05) is 18.0 Å². The van der Waals surface area contributed by atoms with E-state index in [-0.39, 0.29) is 21.0 Å². The third-order valence-electron chi connectivity index (χ3n) is 4.53. The molecule has 0 radical (unpaired) electrons. The van der Waals surface area contributed by atoms with E-state index in [0.29, 0.717) is 13.1 Å². The minimum atomic E-state index is -3.74. The zero-order valence-electron chi connectivity index (χ0n) is 15.3. The fourth-order valence-corrected chi connectivity index (χ4v) is 4.69. The van der Waals surface area contributed by atoms with Crippen molar-refractivity contribution in [1.29, 1.82) is 0 Å². The molecule has 1 saturated heterocycles. The van der Waals surface area contributed by atoms with E-state index in [4.69, 9.17) is 11.6 Å². The van der Waals surface area contributed by atoms with Crippen molar-refractivity contribution in [2.75, 3.05) is 13.1 Å². The predicted molar refractivity (Wildman–Crippen MR) is 105 cm³/mol. The van der Waals surface area contributed by atoms with Crippen molar-refractivity contribution in [3.05, 3.63) is 64.4 Å². The van der Waals surface area contributed by atoms with Gasteiger partial charge in [-0.05, 0) is 55.3 Å². The minimum absolute atomic E-state index is 0.0381. The highest BCUT2D eigenvalue weighted by molar-refractivity contribution is 7.89. The van der Waals surface area contributed by atoms with Crippen LogP contribution in [0.2, 0.25) is 5.02 Å². The molecule has 1 fully saturated rings. The topological polar surface area (TPSA) is 95.6 Å². The maximum atomic E-state index is 12.9. The first-order chi connectivity index (χ1) is 13.8. The lowest BCUT2D eigenvalue weighted by atomic mass is 10.2. The Hall–Kier alpha value is -2.49. The Bertz CT molecular complexity index is 1020. The van der Waals surface area contributed by atoms with E-state index in [0.717, 1.165) is 31.4 Å². The molecule has 10 heteroatoms. The van der Waals surface area contributed by atoms with E-state index in [1.165, 1.54) is 34.6 Å². The molecule has 2 amide bonds. The van der Waals surface area contributed by atoms with Crippen molar-refractivity contribution < 1.29 is 22.4 Å². The average Bonchev–Trinajstić information content (AvgIpc) is 2.73. The van der Waals surface area contributed by atoms with Crippen LogP contribution in [0, 0.1) is 5.82 Å². The molecule has 7 nitrogen and oxygen atoms in total. The van der Waals surface area contributed by atoms with Gasteiger partial charge < -0.3 is 0 Å². The van der Waals surface area contributed by atoms with Crippen LogP contribution in [0.3, 0.4) is 0 Å². The summed E-state index contributed by atoms with van der Waals surface area (Å²) in [6.45, 7) is 0.862. The number of hydrogen-bond donors (Lipinski definition) is 2.